The lowest BCUT2D eigenvalue weighted by Crippen LogP contribution is -2.53. The summed E-state index contributed by atoms with van der Waals surface area (Å²) in [6, 6.07) is 3.81. The zero-order chi connectivity index (χ0) is 17.1. The molecule has 0 saturated carbocycles. The summed E-state index contributed by atoms with van der Waals surface area (Å²) in [5.74, 6) is -1.26. The van der Waals surface area contributed by atoms with E-state index < -0.39 is 26.8 Å². The van der Waals surface area contributed by atoms with Crippen molar-refractivity contribution < 1.29 is 22.8 Å². The molecule has 1 unspecified atom stereocenters. The van der Waals surface area contributed by atoms with E-state index in [-0.39, 0.29) is 10.6 Å². The third-order valence-electron chi connectivity index (χ3n) is 3.45. The first kappa shape index (κ1) is 17.3. The van der Waals surface area contributed by atoms with E-state index in [0.29, 0.717) is 0 Å². The number of rotatable bonds is 6. The smallest absolute Gasteiger partial charge is 0.269 e. The molecule has 0 heterocycles. The maximum atomic E-state index is 12.5. The van der Waals surface area contributed by atoms with E-state index in [2.05, 4.69) is 4.72 Å². The Bertz CT molecular complexity index is 735. The number of nitro groups is 1. The molecule has 0 bridgehead atoms. The quantitative estimate of drug-likeness (QED) is 0.476. The lowest BCUT2D eigenvalue weighted by atomic mass is 10.0. The summed E-state index contributed by atoms with van der Waals surface area (Å²) >= 11 is 0. The molecule has 0 fully saturated rings. The highest BCUT2D eigenvalue weighted by Crippen LogP contribution is 2.25. The molecule has 0 aliphatic heterocycles. The predicted octanol–water partition coefficient (Wildman–Crippen LogP) is 1.36. The SMILES string of the molecule is COC1(OC)C=CC=CC1NS(=O)(=O)c1ccc([N+](=O)[O-])cc1. The highest BCUT2D eigenvalue weighted by molar-refractivity contribution is 7.89. The van der Waals surface area contributed by atoms with Crippen molar-refractivity contribution in [2.24, 2.45) is 0 Å². The highest BCUT2D eigenvalue weighted by Gasteiger charge is 2.39. The summed E-state index contributed by atoms with van der Waals surface area (Å²) in [7, 11) is -1.11. The molecule has 1 N–H and O–H groups in total. The van der Waals surface area contributed by atoms with Gasteiger partial charge in [0.05, 0.1) is 15.9 Å². The van der Waals surface area contributed by atoms with Crippen LogP contribution in [-0.4, -0.2) is 39.4 Å². The Hall–Kier alpha value is -2.07. The molecule has 1 aromatic carbocycles. The van der Waals surface area contributed by atoms with Gasteiger partial charge in [0.2, 0.25) is 15.8 Å². The van der Waals surface area contributed by atoms with E-state index in [0.717, 1.165) is 12.1 Å². The molecule has 0 saturated heterocycles. The molecule has 1 aliphatic rings. The molecule has 8 nitrogen and oxygen atoms in total. The van der Waals surface area contributed by atoms with Crippen LogP contribution in [0.2, 0.25) is 0 Å². The molecule has 1 aromatic rings. The molecule has 0 amide bonds. The highest BCUT2D eigenvalue weighted by atomic mass is 32.2. The summed E-state index contributed by atoms with van der Waals surface area (Å²) in [5.41, 5.74) is -0.187. The van der Waals surface area contributed by atoms with Crippen LogP contribution in [0.5, 0.6) is 0 Å². The van der Waals surface area contributed by atoms with Gasteiger partial charge in [-0.05, 0) is 18.2 Å². The third-order valence-corrected chi connectivity index (χ3v) is 4.91. The van der Waals surface area contributed by atoms with Crippen LogP contribution >= 0.6 is 0 Å². The fourth-order valence-corrected chi connectivity index (χ4v) is 3.39. The van der Waals surface area contributed by atoms with Gasteiger partial charge in [0.15, 0.2) is 0 Å². The number of hydrogen-bond donors (Lipinski definition) is 1. The van der Waals surface area contributed by atoms with Crippen molar-refractivity contribution in [1.29, 1.82) is 0 Å². The van der Waals surface area contributed by atoms with Crippen LogP contribution in [0.15, 0.2) is 53.5 Å². The molecular formula is C14H16N2O6S. The maximum Gasteiger partial charge on any atom is 0.269 e. The number of nitro benzene ring substituents is 1. The predicted molar refractivity (Wildman–Crippen MR) is 82.2 cm³/mol. The van der Waals surface area contributed by atoms with Gasteiger partial charge >= 0.3 is 0 Å². The lowest BCUT2D eigenvalue weighted by Gasteiger charge is -2.35. The fraction of sp³-hybridized carbons (Fsp3) is 0.286. The molecule has 9 heteroatoms. The van der Waals surface area contributed by atoms with Crippen LogP contribution < -0.4 is 4.72 Å². The number of hydrogen-bond acceptors (Lipinski definition) is 6. The number of methoxy groups -OCH3 is 2. The number of benzene rings is 1. The number of nitrogens with one attached hydrogen (secondary N) is 1. The number of non-ortho nitro benzene ring substituents is 1. The van der Waals surface area contributed by atoms with Crippen LogP contribution in [0.4, 0.5) is 5.69 Å². The van der Waals surface area contributed by atoms with E-state index in [1.807, 2.05) is 0 Å². The van der Waals surface area contributed by atoms with Crippen molar-refractivity contribution in [3.63, 3.8) is 0 Å². The van der Waals surface area contributed by atoms with Crippen molar-refractivity contribution >= 4 is 15.7 Å². The van der Waals surface area contributed by atoms with Crippen LogP contribution in [0, 0.1) is 10.1 Å². The second-order valence-electron chi connectivity index (χ2n) is 4.72. The monoisotopic (exact) mass is 340 g/mol. The van der Waals surface area contributed by atoms with Gasteiger partial charge in [0.25, 0.3) is 5.69 Å². The van der Waals surface area contributed by atoms with E-state index in [1.54, 1.807) is 24.3 Å². The zero-order valence-electron chi connectivity index (χ0n) is 12.5. The van der Waals surface area contributed by atoms with Gasteiger partial charge in [0, 0.05) is 26.4 Å². The standard InChI is InChI=1S/C14H16N2O6S/c1-21-14(22-2)10-4-3-5-13(14)15-23(19,20)12-8-6-11(7-9-12)16(17)18/h3-10,13,15H,1-2H3. The molecule has 1 aliphatic carbocycles. The van der Waals surface area contributed by atoms with E-state index in [9.17, 15) is 18.5 Å². The van der Waals surface area contributed by atoms with Crippen molar-refractivity contribution in [1.82, 2.24) is 4.72 Å². The molecule has 2 rings (SSSR count). The average molecular weight is 340 g/mol. The first-order valence-corrected chi connectivity index (χ1v) is 8.06. The van der Waals surface area contributed by atoms with Crippen LogP contribution in [0.3, 0.4) is 0 Å². The molecule has 1 atom stereocenters. The van der Waals surface area contributed by atoms with Crippen LogP contribution in [-0.2, 0) is 19.5 Å². The summed E-state index contributed by atoms with van der Waals surface area (Å²) in [4.78, 5) is 9.94. The van der Waals surface area contributed by atoms with E-state index in [1.165, 1.54) is 26.4 Å². The summed E-state index contributed by atoms with van der Waals surface area (Å²) in [6.45, 7) is 0. The molecule has 0 spiro atoms. The second-order valence-corrected chi connectivity index (χ2v) is 6.44. The van der Waals surface area contributed by atoms with Crippen molar-refractivity contribution in [2.75, 3.05) is 14.2 Å². The summed E-state index contributed by atoms with van der Waals surface area (Å²) in [6.07, 6.45) is 6.54. The first-order chi connectivity index (χ1) is 10.8. The lowest BCUT2D eigenvalue weighted by molar-refractivity contribution is -0.384. The van der Waals surface area contributed by atoms with Gasteiger partial charge in [-0.2, -0.15) is 4.72 Å². The minimum atomic E-state index is -3.91. The number of sulfonamides is 1. The van der Waals surface area contributed by atoms with Crippen LogP contribution in [0.1, 0.15) is 0 Å². The van der Waals surface area contributed by atoms with E-state index in [4.69, 9.17) is 9.47 Å². The maximum absolute atomic E-state index is 12.5. The van der Waals surface area contributed by atoms with Gasteiger partial charge < -0.3 is 9.47 Å². The fourth-order valence-electron chi connectivity index (χ4n) is 2.18. The van der Waals surface area contributed by atoms with Gasteiger partial charge in [-0.1, -0.05) is 18.2 Å². The number of nitrogens with zero attached hydrogens (tertiary/aromatic N) is 1. The first-order valence-electron chi connectivity index (χ1n) is 6.58. The van der Waals surface area contributed by atoms with E-state index >= 15 is 0 Å². The molecule has 23 heavy (non-hydrogen) atoms. The molecular weight excluding hydrogens is 324 g/mol. The average Bonchev–Trinajstić information content (AvgIpc) is 2.55. The van der Waals surface area contributed by atoms with Crippen LogP contribution in [0.25, 0.3) is 0 Å². The second kappa shape index (κ2) is 6.59. The van der Waals surface area contributed by atoms with Crippen molar-refractivity contribution in [2.45, 2.75) is 16.7 Å². The Labute approximate surface area is 133 Å². The normalized spacial score (nSPS) is 19.7. The Morgan fingerprint density at radius 2 is 1.78 bits per heavy atom. The van der Waals surface area contributed by atoms with Crippen molar-refractivity contribution in [3.05, 3.63) is 58.7 Å². The summed E-state index contributed by atoms with van der Waals surface area (Å²) in [5, 5.41) is 10.6. The Balaban J connectivity index is 2.28. The summed E-state index contributed by atoms with van der Waals surface area (Å²) < 4.78 is 38.0. The minimum absolute atomic E-state index is 0.0906. The van der Waals surface area contributed by atoms with Gasteiger partial charge in [0.1, 0.15) is 0 Å². The Kier molecular flexibility index (Phi) is 4.95. The van der Waals surface area contributed by atoms with Crippen molar-refractivity contribution in [3.8, 4) is 0 Å². The zero-order valence-corrected chi connectivity index (χ0v) is 13.3. The molecule has 124 valence electrons. The number of ether oxygens (including phenoxy) is 2. The Morgan fingerprint density at radius 3 is 2.30 bits per heavy atom. The van der Waals surface area contributed by atoms with Gasteiger partial charge in [-0.25, -0.2) is 8.42 Å². The topological polar surface area (TPSA) is 108 Å². The number of allylic oxidation sites excluding steroid dienone is 2. The van der Waals surface area contributed by atoms with Gasteiger partial charge in [-0.3, -0.25) is 10.1 Å². The minimum Gasteiger partial charge on any atom is -0.348 e. The Morgan fingerprint density at radius 1 is 1.17 bits per heavy atom. The third kappa shape index (κ3) is 3.48. The molecule has 0 aromatic heterocycles. The van der Waals surface area contributed by atoms with Gasteiger partial charge in [-0.15, -0.1) is 0 Å². The molecule has 0 radical (unpaired) electrons. The largest absolute Gasteiger partial charge is 0.348 e.